The Labute approximate surface area is 158 Å². The molecule has 0 aromatic rings. The van der Waals surface area contributed by atoms with E-state index in [0.29, 0.717) is 18.9 Å². The highest BCUT2D eigenvalue weighted by atomic mass is 16.5. The van der Waals surface area contributed by atoms with Crippen LogP contribution in [0.25, 0.3) is 0 Å². The number of esters is 1. The number of rotatable bonds is 15. The molecular formula is C20H38N2O4. The average Bonchev–Trinajstić information content (AvgIpc) is 2.65. The lowest BCUT2D eigenvalue weighted by Gasteiger charge is -2.12. The third-order valence-electron chi connectivity index (χ3n) is 4.60. The van der Waals surface area contributed by atoms with Crippen molar-refractivity contribution in [3.63, 3.8) is 0 Å². The van der Waals surface area contributed by atoms with Crippen molar-refractivity contribution >= 4 is 17.8 Å². The van der Waals surface area contributed by atoms with Crippen LogP contribution in [0.4, 0.5) is 0 Å². The van der Waals surface area contributed by atoms with E-state index in [1.54, 1.807) is 0 Å². The normalized spacial score (nSPS) is 11.7. The molecule has 0 aliphatic heterocycles. The molecule has 2 amide bonds. The highest BCUT2D eigenvalue weighted by Gasteiger charge is 2.11. The molecule has 152 valence electrons. The van der Waals surface area contributed by atoms with Crippen molar-refractivity contribution in [2.45, 2.75) is 84.0 Å². The molecule has 0 radical (unpaired) electrons. The Hall–Kier alpha value is -1.59. The van der Waals surface area contributed by atoms with Gasteiger partial charge >= 0.3 is 17.8 Å². The van der Waals surface area contributed by atoms with Crippen molar-refractivity contribution in [1.29, 1.82) is 0 Å². The van der Waals surface area contributed by atoms with Gasteiger partial charge in [-0.1, -0.05) is 64.7 Å². The maximum atomic E-state index is 11.3. The van der Waals surface area contributed by atoms with Crippen LogP contribution in [0.15, 0.2) is 0 Å². The molecule has 0 rings (SSSR count). The van der Waals surface area contributed by atoms with Crippen LogP contribution in [0.1, 0.15) is 84.0 Å². The van der Waals surface area contributed by atoms with Gasteiger partial charge in [-0.25, -0.2) is 0 Å². The Bertz CT molecular complexity index is 399. The van der Waals surface area contributed by atoms with Crippen molar-refractivity contribution in [2.24, 2.45) is 5.92 Å². The second-order valence-corrected chi connectivity index (χ2v) is 7.04. The van der Waals surface area contributed by atoms with Crippen LogP contribution < -0.4 is 10.6 Å². The van der Waals surface area contributed by atoms with Gasteiger partial charge < -0.3 is 15.4 Å². The molecule has 0 fully saturated rings. The molecule has 2 N–H and O–H groups in total. The van der Waals surface area contributed by atoms with Crippen LogP contribution in [-0.4, -0.2) is 38.5 Å². The van der Waals surface area contributed by atoms with Crippen molar-refractivity contribution in [2.75, 3.05) is 20.7 Å². The number of hydrogen-bond donors (Lipinski definition) is 2. The van der Waals surface area contributed by atoms with Gasteiger partial charge in [-0.15, -0.1) is 0 Å². The first-order valence-electron chi connectivity index (χ1n) is 10.1. The van der Waals surface area contributed by atoms with E-state index in [1.807, 2.05) is 0 Å². The zero-order valence-electron chi connectivity index (χ0n) is 16.9. The molecule has 0 saturated heterocycles. The van der Waals surface area contributed by atoms with E-state index in [4.69, 9.17) is 0 Å². The molecule has 1 unspecified atom stereocenters. The molecule has 0 aliphatic carbocycles. The summed E-state index contributed by atoms with van der Waals surface area (Å²) >= 11 is 0. The van der Waals surface area contributed by atoms with E-state index in [0.717, 1.165) is 19.3 Å². The molecule has 6 heteroatoms. The number of likely N-dealkylation sites (N-methyl/N-ethyl adjacent to an activating group) is 1. The smallest absolute Gasteiger partial charge is 0.309 e. The second-order valence-electron chi connectivity index (χ2n) is 7.04. The highest BCUT2D eigenvalue weighted by molar-refractivity contribution is 6.34. The lowest BCUT2D eigenvalue weighted by atomic mass is 10.0. The molecule has 0 aliphatic rings. The standard InChI is InChI=1S/C20H38N2O4/c1-17(16-22-20(25)19(24)21-2)14-12-10-8-6-4-5-7-9-11-13-15-18(23)26-3/h17H,4-16H2,1-3H3,(H,21,24)(H,22,25). The summed E-state index contributed by atoms with van der Waals surface area (Å²) in [6.07, 6.45) is 13.6. The number of carbonyl (C=O) groups is 3. The van der Waals surface area contributed by atoms with E-state index in [9.17, 15) is 14.4 Å². The third kappa shape index (κ3) is 14.7. The summed E-state index contributed by atoms with van der Waals surface area (Å²) in [5.41, 5.74) is 0. The van der Waals surface area contributed by atoms with E-state index >= 15 is 0 Å². The summed E-state index contributed by atoms with van der Waals surface area (Å²) in [5, 5.41) is 4.97. The van der Waals surface area contributed by atoms with Crippen molar-refractivity contribution in [3.8, 4) is 0 Å². The summed E-state index contributed by atoms with van der Waals surface area (Å²) < 4.78 is 4.62. The SMILES string of the molecule is CNC(=O)C(=O)NCC(C)CCCCCCCCCCCCC(=O)OC. The number of unbranched alkanes of at least 4 members (excludes halogenated alkanes) is 9. The molecule has 1 atom stereocenters. The maximum absolute atomic E-state index is 11.3. The molecule has 0 heterocycles. The minimum absolute atomic E-state index is 0.104. The van der Waals surface area contributed by atoms with Crippen molar-refractivity contribution < 1.29 is 19.1 Å². The van der Waals surface area contributed by atoms with Gasteiger partial charge in [0.1, 0.15) is 0 Å². The minimum atomic E-state index is -0.583. The third-order valence-corrected chi connectivity index (χ3v) is 4.60. The number of ether oxygens (including phenoxy) is 1. The van der Waals surface area contributed by atoms with Gasteiger partial charge in [0.15, 0.2) is 0 Å². The predicted molar refractivity (Wildman–Crippen MR) is 104 cm³/mol. The zero-order valence-corrected chi connectivity index (χ0v) is 16.9. The topological polar surface area (TPSA) is 84.5 Å². The fourth-order valence-electron chi connectivity index (χ4n) is 2.84. The Morgan fingerprint density at radius 2 is 1.31 bits per heavy atom. The van der Waals surface area contributed by atoms with E-state index in [2.05, 4.69) is 22.3 Å². The number of nitrogens with one attached hydrogen (secondary N) is 2. The molecule has 6 nitrogen and oxygen atoms in total. The fourth-order valence-corrected chi connectivity index (χ4v) is 2.84. The van der Waals surface area contributed by atoms with E-state index < -0.39 is 11.8 Å². The zero-order chi connectivity index (χ0) is 19.6. The van der Waals surface area contributed by atoms with Crippen LogP contribution in [0.5, 0.6) is 0 Å². The molecule has 0 saturated carbocycles. The Kier molecular flexibility index (Phi) is 15.8. The fraction of sp³-hybridized carbons (Fsp3) is 0.850. The molecule has 0 bridgehead atoms. The first kappa shape index (κ1) is 24.4. The molecule has 0 aromatic carbocycles. The largest absolute Gasteiger partial charge is 0.469 e. The second kappa shape index (κ2) is 16.9. The van der Waals surface area contributed by atoms with Crippen LogP contribution in [0.3, 0.4) is 0 Å². The van der Waals surface area contributed by atoms with Crippen LogP contribution in [-0.2, 0) is 19.1 Å². The quantitative estimate of drug-likeness (QED) is 0.263. The molecular weight excluding hydrogens is 332 g/mol. The van der Waals surface area contributed by atoms with E-state index in [-0.39, 0.29) is 5.97 Å². The van der Waals surface area contributed by atoms with Crippen LogP contribution in [0.2, 0.25) is 0 Å². The number of hydrogen-bond acceptors (Lipinski definition) is 4. The Morgan fingerprint density at radius 1 is 0.808 bits per heavy atom. The van der Waals surface area contributed by atoms with Crippen molar-refractivity contribution in [1.82, 2.24) is 10.6 Å². The maximum Gasteiger partial charge on any atom is 0.309 e. The number of carbonyl (C=O) groups excluding carboxylic acids is 3. The van der Waals surface area contributed by atoms with Gasteiger partial charge in [0, 0.05) is 20.0 Å². The van der Waals surface area contributed by atoms with Crippen molar-refractivity contribution in [3.05, 3.63) is 0 Å². The van der Waals surface area contributed by atoms with Gasteiger partial charge in [0.25, 0.3) is 0 Å². The van der Waals surface area contributed by atoms with Gasteiger partial charge in [0.2, 0.25) is 0 Å². The Morgan fingerprint density at radius 3 is 1.81 bits per heavy atom. The van der Waals surface area contributed by atoms with Gasteiger partial charge in [-0.05, 0) is 18.8 Å². The lowest BCUT2D eigenvalue weighted by molar-refractivity contribution is -0.140. The van der Waals surface area contributed by atoms with Crippen LogP contribution in [0, 0.1) is 5.92 Å². The average molecular weight is 371 g/mol. The van der Waals surface area contributed by atoms with E-state index in [1.165, 1.54) is 65.5 Å². The van der Waals surface area contributed by atoms with Gasteiger partial charge in [0.05, 0.1) is 7.11 Å². The first-order chi connectivity index (χ1) is 12.5. The molecule has 0 spiro atoms. The van der Waals surface area contributed by atoms with Gasteiger partial charge in [-0.2, -0.15) is 0 Å². The lowest BCUT2D eigenvalue weighted by Crippen LogP contribution is -2.39. The number of methoxy groups -OCH3 is 1. The summed E-state index contributed by atoms with van der Waals surface area (Å²) in [7, 11) is 2.89. The summed E-state index contributed by atoms with van der Waals surface area (Å²) in [5.74, 6) is -0.841. The monoisotopic (exact) mass is 370 g/mol. The first-order valence-corrected chi connectivity index (χ1v) is 10.1. The summed E-state index contributed by atoms with van der Waals surface area (Å²) in [6, 6.07) is 0. The molecule has 0 aromatic heterocycles. The van der Waals surface area contributed by atoms with Gasteiger partial charge in [-0.3, -0.25) is 14.4 Å². The summed E-state index contributed by atoms with van der Waals surface area (Å²) in [4.78, 5) is 33.4. The Balaban J connectivity index is 3.31. The summed E-state index contributed by atoms with van der Waals surface area (Å²) in [6.45, 7) is 2.66. The highest BCUT2D eigenvalue weighted by Crippen LogP contribution is 2.14. The predicted octanol–water partition coefficient (Wildman–Crippen LogP) is 3.34. The molecule has 26 heavy (non-hydrogen) atoms. The minimum Gasteiger partial charge on any atom is -0.469 e. The van der Waals surface area contributed by atoms with Crippen LogP contribution >= 0.6 is 0 Å². The number of amides is 2.